The van der Waals surface area contributed by atoms with Gasteiger partial charge < -0.3 is 15.2 Å². The molecule has 1 aliphatic heterocycles. The second kappa shape index (κ2) is 7.55. The Bertz CT molecular complexity index is 1100. The Morgan fingerprint density at radius 2 is 1.97 bits per heavy atom. The Hall–Kier alpha value is -2.55. The second-order valence-electron chi connectivity index (χ2n) is 9.01. The van der Waals surface area contributed by atoms with E-state index >= 15 is 0 Å². The molecule has 5 nitrogen and oxygen atoms in total. The van der Waals surface area contributed by atoms with Crippen LogP contribution in [0.5, 0.6) is 0 Å². The van der Waals surface area contributed by atoms with Gasteiger partial charge in [0.15, 0.2) is 0 Å². The van der Waals surface area contributed by atoms with E-state index in [9.17, 15) is 5.26 Å². The summed E-state index contributed by atoms with van der Waals surface area (Å²) < 4.78 is 11.2. The molecule has 3 aliphatic rings. The van der Waals surface area contributed by atoms with E-state index in [1.54, 1.807) is 13.2 Å². The predicted molar refractivity (Wildman–Crippen MR) is 121 cm³/mol. The number of nitriles is 1. The minimum atomic E-state index is -0.379. The maximum atomic E-state index is 9.36. The van der Waals surface area contributed by atoms with Gasteiger partial charge in [0, 0.05) is 24.0 Å². The maximum absolute atomic E-state index is 9.36. The van der Waals surface area contributed by atoms with Crippen LogP contribution >= 0.6 is 11.6 Å². The Balaban J connectivity index is 1.64. The van der Waals surface area contributed by atoms with Gasteiger partial charge in [-0.25, -0.2) is 4.99 Å². The number of hydrogen-bond donors (Lipinski definition) is 1. The molecule has 1 fully saturated rings. The molecule has 0 saturated heterocycles. The fourth-order valence-corrected chi connectivity index (χ4v) is 6.28. The van der Waals surface area contributed by atoms with Crippen molar-refractivity contribution in [2.45, 2.75) is 50.2 Å². The van der Waals surface area contributed by atoms with Crippen LogP contribution in [0.25, 0.3) is 11.1 Å². The van der Waals surface area contributed by atoms with Gasteiger partial charge in [-0.05, 0) is 78.6 Å². The van der Waals surface area contributed by atoms with Gasteiger partial charge in [-0.15, -0.1) is 0 Å². The smallest absolute Gasteiger partial charge is 0.282 e. The van der Waals surface area contributed by atoms with Gasteiger partial charge >= 0.3 is 0 Å². The summed E-state index contributed by atoms with van der Waals surface area (Å²) in [6.07, 6.45) is 6.32. The first-order chi connectivity index (χ1) is 15.0. The summed E-state index contributed by atoms with van der Waals surface area (Å²) in [6.45, 7) is 0.574. The highest BCUT2D eigenvalue weighted by Gasteiger charge is 2.59. The fourth-order valence-electron chi connectivity index (χ4n) is 6.04. The Morgan fingerprint density at radius 1 is 1.16 bits per heavy atom. The van der Waals surface area contributed by atoms with E-state index in [0.717, 1.165) is 49.7 Å². The van der Waals surface area contributed by atoms with Gasteiger partial charge in [-0.2, -0.15) is 5.26 Å². The zero-order valence-electron chi connectivity index (χ0n) is 17.7. The van der Waals surface area contributed by atoms with E-state index < -0.39 is 0 Å². The number of hydrogen-bond acceptors (Lipinski definition) is 5. The van der Waals surface area contributed by atoms with Crippen molar-refractivity contribution >= 4 is 17.6 Å². The summed E-state index contributed by atoms with van der Waals surface area (Å²) in [7, 11) is 1.80. The molecule has 2 aromatic carbocycles. The standard InChI is InChI=1S/C25H26ClN3O2/c1-30-21-4-6-24(7-5-21)14-18-3-2-17(19-10-16(15-27)11-20(26)12-19)13-22(18)25(24)8-9-31-23(28)29-25/h2-3,10-13,21H,4-9,14H2,1H3,(H2,28,29)/t21-,24-,25?. The third-order valence-corrected chi connectivity index (χ3v) is 7.78. The molecule has 2 aromatic rings. The van der Waals surface area contributed by atoms with E-state index in [0.29, 0.717) is 23.3 Å². The lowest BCUT2D eigenvalue weighted by Crippen LogP contribution is -2.49. The first kappa shape index (κ1) is 20.4. The first-order valence-corrected chi connectivity index (χ1v) is 11.2. The summed E-state index contributed by atoms with van der Waals surface area (Å²) in [5.41, 5.74) is 10.9. The summed E-state index contributed by atoms with van der Waals surface area (Å²) in [4.78, 5) is 5.02. The lowest BCUT2D eigenvalue weighted by atomic mass is 9.60. The number of aliphatic imine (C=N–C) groups is 1. The van der Waals surface area contributed by atoms with Crippen molar-refractivity contribution < 1.29 is 9.47 Å². The number of ether oxygens (including phenoxy) is 2. The average Bonchev–Trinajstić information content (AvgIpc) is 3.01. The fraction of sp³-hybridized carbons (Fsp3) is 0.440. The lowest BCUT2D eigenvalue weighted by molar-refractivity contribution is -0.0148. The third kappa shape index (κ3) is 3.21. The van der Waals surface area contributed by atoms with Gasteiger partial charge in [0.1, 0.15) is 5.54 Å². The summed E-state index contributed by atoms with van der Waals surface area (Å²) in [5, 5.41) is 9.92. The number of methoxy groups -OCH3 is 1. The molecular formula is C25H26ClN3O2. The molecule has 31 heavy (non-hydrogen) atoms. The van der Waals surface area contributed by atoms with E-state index in [1.807, 2.05) is 12.1 Å². The van der Waals surface area contributed by atoms with Crippen LogP contribution in [0.2, 0.25) is 5.02 Å². The highest BCUT2D eigenvalue weighted by Crippen LogP contribution is 2.62. The Morgan fingerprint density at radius 3 is 2.68 bits per heavy atom. The van der Waals surface area contributed by atoms with Gasteiger partial charge in [-0.1, -0.05) is 23.7 Å². The molecule has 5 rings (SSSR count). The van der Waals surface area contributed by atoms with Crippen molar-refractivity contribution in [3.05, 3.63) is 58.1 Å². The molecule has 0 amide bonds. The quantitative estimate of drug-likeness (QED) is 0.724. The van der Waals surface area contributed by atoms with Crippen LogP contribution in [0.15, 0.2) is 41.4 Å². The largest absolute Gasteiger partial charge is 0.465 e. The molecule has 1 heterocycles. The van der Waals surface area contributed by atoms with E-state index in [-0.39, 0.29) is 17.0 Å². The monoisotopic (exact) mass is 435 g/mol. The molecule has 1 unspecified atom stereocenters. The van der Waals surface area contributed by atoms with Crippen LogP contribution in [-0.4, -0.2) is 25.8 Å². The number of nitrogens with two attached hydrogens (primary N) is 1. The molecule has 0 aromatic heterocycles. The molecule has 1 saturated carbocycles. The number of amidine groups is 1. The molecule has 0 radical (unpaired) electrons. The van der Waals surface area contributed by atoms with Crippen molar-refractivity contribution in [1.29, 1.82) is 5.26 Å². The van der Waals surface area contributed by atoms with Gasteiger partial charge in [-0.3, -0.25) is 0 Å². The van der Waals surface area contributed by atoms with Gasteiger partial charge in [0.25, 0.3) is 6.02 Å². The van der Waals surface area contributed by atoms with E-state index in [4.69, 9.17) is 31.8 Å². The second-order valence-corrected chi connectivity index (χ2v) is 9.45. The number of fused-ring (bicyclic) bond motifs is 3. The average molecular weight is 436 g/mol. The molecule has 0 bridgehead atoms. The molecule has 1 atom stereocenters. The van der Waals surface area contributed by atoms with Gasteiger partial charge in [0.05, 0.1) is 24.3 Å². The van der Waals surface area contributed by atoms with Crippen LogP contribution in [0, 0.1) is 16.7 Å². The lowest BCUT2D eigenvalue weighted by Gasteiger charge is -2.49. The Kier molecular flexibility index (Phi) is 4.96. The topological polar surface area (TPSA) is 80.6 Å². The van der Waals surface area contributed by atoms with Crippen molar-refractivity contribution in [3.63, 3.8) is 0 Å². The van der Waals surface area contributed by atoms with Crippen molar-refractivity contribution in [1.82, 2.24) is 0 Å². The number of nitrogens with zero attached hydrogens (tertiary/aromatic N) is 2. The van der Waals surface area contributed by atoms with Crippen molar-refractivity contribution in [2.75, 3.05) is 13.7 Å². The third-order valence-electron chi connectivity index (χ3n) is 7.56. The molecule has 2 spiro atoms. The van der Waals surface area contributed by atoms with Crippen LogP contribution in [0.4, 0.5) is 0 Å². The van der Waals surface area contributed by atoms with E-state index in [2.05, 4.69) is 24.3 Å². The minimum absolute atomic E-state index is 0.0313. The highest BCUT2D eigenvalue weighted by atomic mass is 35.5. The first-order valence-electron chi connectivity index (χ1n) is 10.8. The zero-order valence-corrected chi connectivity index (χ0v) is 18.4. The molecule has 2 N–H and O–H groups in total. The maximum Gasteiger partial charge on any atom is 0.282 e. The molecular weight excluding hydrogens is 410 g/mol. The van der Waals surface area contributed by atoms with Crippen LogP contribution < -0.4 is 5.73 Å². The minimum Gasteiger partial charge on any atom is -0.465 e. The van der Waals surface area contributed by atoms with Crippen LogP contribution in [0.1, 0.15) is 48.8 Å². The normalized spacial score (nSPS) is 29.3. The summed E-state index contributed by atoms with van der Waals surface area (Å²) >= 11 is 6.28. The number of rotatable bonds is 2. The van der Waals surface area contributed by atoms with E-state index in [1.165, 1.54) is 11.1 Å². The van der Waals surface area contributed by atoms with Crippen LogP contribution in [0.3, 0.4) is 0 Å². The SMILES string of the molecule is CO[C@H]1CC[C@]2(CC1)Cc1ccc(-c3cc(Cl)cc(C#N)c3)cc1C21CCOC(N)=N1. The van der Waals surface area contributed by atoms with Gasteiger partial charge in [0.2, 0.25) is 0 Å². The zero-order chi connectivity index (χ0) is 21.6. The number of benzene rings is 2. The number of halogens is 1. The molecule has 2 aliphatic carbocycles. The van der Waals surface area contributed by atoms with Crippen molar-refractivity contribution in [2.24, 2.45) is 16.1 Å². The Labute approximate surface area is 187 Å². The predicted octanol–water partition coefficient (Wildman–Crippen LogP) is 4.94. The van der Waals surface area contributed by atoms with Crippen molar-refractivity contribution in [3.8, 4) is 17.2 Å². The van der Waals surface area contributed by atoms with Crippen LogP contribution in [-0.2, 0) is 21.4 Å². The summed E-state index contributed by atoms with van der Waals surface area (Å²) in [6, 6.07) is 14.6. The highest BCUT2D eigenvalue weighted by molar-refractivity contribution is 6.31. The molecule has 160 valence electrons. The summed E-state index contributed by atoms with van der Waals surface area (Å²) in [5.74, 6) is 0. The molecule has 6 heteroatoms.